The van der Waals surface area contributed by atoms with Crippen LogP contribution in [0.15, 0.2) is 60.8 Å². The van der Waals surface area contributed by atoms with Crippen LogP contribution in [-0.4, -0.2) is 150 Å². The number of likely N-dealkylation sites (tertiary alicyclic amines) is 2. The van der Waals surface area contributed by atoms with E-state index in [0.29, 0.717) is 77.9 Å². The van der Waals surface area contributed by atoms with E-state index in [0.717, 1.165) is 50.1 Å². The maximum atomic E-state index is 14.9. The van der Waals surface area contributed by atoms with E-state index in [2.05, 4.69) is 84.3 Å². The summed E-state index contributed by atoms with van der Waals surface area (Å²) >= 11 is 0. The number of hydrogen-bond acceptors (Lipinski definition) is 11. The highest BCUT2D eigenvalue weighted by Crippen LogP contribution is 2.44. The maximum Gasteiger partial charge on any atom is 0.324 e. The minimum Gasteiger partial charge on any atom is -0.464 e. The van der Waals surface area contributed by atoms with Crippen LogP contribution in [0.2, 0.25) is 0 Å². The standard InChI is InChI=1S/C58H74N8O8.6H2S/c1-10-64-47-19-18-41-32-43(47)44(51(64)42-16-12-25-59-49(42)38(4)72-9)33-56(5,6)35-74-54(70)45-17-13-26-66(61-45)53(69)46(31-39-14-11-15-40(41)30-39)60-52(68)50(37(2)3)65-28-23-57(55(65)71)22-27-63(34-57)48(67)20-21-58(62(7)8)24-29-73-36-58;;;;;;/h11-12,14-16,18-19,25,30,32,37-38,45-46,50,61H,10,13,17,22-24,26-29,31,33-36H2,1-9H3,(H,60,68);6*1H2/t38-,45-,46-,50-,57-,58+;;;;;;/m0....../s1. The van der Waals surface area contributed by atoms with Crippen molar-refractivity contribution in [3.05, 3.63) is 77.6 Å². The van der Waals surface area contributed by atoms with Crippen molar-refractivity contribution in [1.82, 2.24) is 40.0 Å². The zero-order valence-electron chi connectivity index (χ0n) is 47.7. The predicted molar refractivity (Wildman–Crippen MR) is 344 cm³/mol. The first-order valence-electron chi connectivity index (χ1n) is 26.5. The van der Waals surface area contributed by atoms with Crippen molar-refractivity contribution in [3.63, 3.8) is 0 Å². The van der Waals surface area contributed by atoms with Gasteiger partial charge in [0, 0.05) is 87.4 Å². The van der Waals surface area contributed by atoms with Gasteiger partial charge in [-0.15, -0.1) is 0 Å². The predicted octanol–water partition coefficient (Wildman–Crippen LogP) is 6.62. The van der Waals surface area contributed by atoms with Gasteiger partial charge in [0.25, 0.3) is 11.8 Å². The van der Waals surface area contributed by atoms with Crippen LogP contribution in [0, 0.1) is 28.6 Å². The van der Waals surface area contributed by atoms with Gasteiger partial charge in [0.2, 0.25) is 11.8 Å². The van der Waals surface area contributed by atoms with E-state index in [9.17, 15) is 24.0 Å². The molecule has 22 heteroatoms. The first-order chi connectivity index (χ1) is 35.4. The molecule has 0 radical (unpaired) electrons. The number of hydrogen-bond donors (Lipinski definition) is 2. The molecule has 2 aromatic heterocycles. The lowest BCUT2D eigenvalue weighted by atomic mass is 9.84. The number of cyclic esters (lactones) is 1. The number of pyridine rings is 1. The molecule has 4 amide bonds. The van der Waals surface area contributed by atoms with E-state index in [4.69, 9.17) is 19.2 Å². The number of aromatic nitrogens is 2. The molecule has 5 aliphatic rings. The Kier molecular flexibility index (Phi) is 25.5. The van der Waals surface area contributed by atoms with Crippen LogP contribution in [0.25, 0.3) is 33.3 Å². The number of aryl methyl sites for hydroxylation is 1. The summed E-state index contributed by atoms with van der Waals surface area (Å²) in [5.74, 6) is 3.99. The topological polar surface area (TPSA) is 168 Å². The number of ether oxygens (including phenoxy) is 3. The molecule has 2 N–H and O–H groups in total. The molecule has 1 spiro atoms. The third-order valence-electron chi connectivity index (χ3n) is 16.3. The lowest BCUT2D eigenvalue weighted by Crippen LogP contribution is -2.62. The summed E-state index contributed by atoms with van der Waals surface area (Å²) in [6.45, 7) is 15.3. The van der Waals surface area contributed by atoms with Crippen LogP contribution in [0.1, 0.15) is 96.6 Å². The van der Waals surface area contributed by atoms with Crippen molar-refractivity contribution in [1.29, 1.82) is 0 Å². The first-order valence-corrected chi connectivity index (χ1v) is 26.5. The number of likely N-dealkylation sites (N-methyl/N-ethyl adjacent to an activating group) is 1. The molecule has 80 heavy (non-hydrogen) atoms. The summed E-state index contributed by atoms with van der Waals surface area (Å²) < 4.78 is 20.0. The molecule has 4 saturated heterocycles. The van der Waals surface area contributed by atoms with Gasteiger partial charge in [-0.05, 0) is 118 Å². The molecule has 0 unspecified atom stereocenters. The van der Waals surface area contributed by atoms with Crippen LogP contribution in [-0.2, 0) is 57.6 Å². The fourth-order valence-electron chi connectivity index (χ4n) is 12.0. The van der Waals surface area contributed by atoms with Crippen molar-refractivity contribution >= 4 is 121 Å². The summed E-state index contributed by atoms with van der Waals surface area (Å²) in [5, 5.41) is 5.67. The fourth-order valence-corrected chi connectivity index (χ4v) is 12.0. The molecular weight excluding hydrogens is 1130 g/mol. The summed E-state index contributed by atoms with van der Waals surface area (Å²) in [5.41, 5.74) is 9.13. The van der Waals surface area contributed by atoms with Gasteiger partial charge < -0.3 is 33.9 Å². The Hall–Kier alpha value is -4.02. The van der Waals surface area contributed by atoms with E-state index in [1.165, 1.54) is 5.01 Å². The second-order valence-corrected chi connectivity index (χ2v) is 22.5. The molecule has 2 aromatic carbocycles. The summed E-state index contributed by atoms with van der Waals surface area (Å²) in [7, 11) is 5.56. The Balaban J connectivity index is 0.00000280. The van der Waals surface area contributed by atoms with E-state index >= 15 is 0 Å². The SMILES string of the molecule is CCn1c(-c2cccnc2[C@H](C)OC)c2c3cc(ccc31)-c1cccc(c1)C[C@H](NC(=O)[C@H](C(C)C)N1CC[C@]3(CCN(C(=O)C#C[C@@]4(N(C)C)CCOC4)C3)C1=O)C(=O)N1CCC[C@H](N1)C(=O)OCC(C)(C)C2.S.S.S.S.S.S. The van der Waals surface area contributed by atoms with Gasteiger partial charge in [-0.3, -0.25) is 38.9 Å². The van der Waals surface area contributed by atoms with Crippen molar-refractivity contribution in [2.24, 2.45) is 16.7 Å². The second kappa shape index (κ2) is 29.0. The fraction of sp³-hybridized carbons (Fsp3) is 0.552. The third-order valence-corrected chi connectivity index (χ3v) is 16.3. The van der Waals surface area contributed by atoms with Gasteiger partial charge in [-0.2, -0.15) is 81.0 Å². The number of esters is 1. The Bertz CT molecular complexity index is 2910. The number of carbonyl (C=O) groups excluding carboxylic acids is 5. The first kappa shape index (κ1) is 70.2. The van der Waals surface area contributed by atoms with E-state index in [1.54, 1.807) is 23.1 Å². The van der Waals surface area contributed by atoms with Gasteiger partial charge in [0.15, 0.2) is 0 Å². The van der Waals surface area contributed by atoms with Crippen LogP contribution in [0.3, 0.4) is 0 Å². The molecule has 6 bridgehead atoms. The summed E-state index contributed by atoms with van der Waals surface area (Å²) in [6.07, 6.45) is 4.95. The largest absolute Gasteiger partial charge is 0.464 e. The molecule has 6 atom stereocenters. The van der Waals surface area contributed by atoms with Gasteiger partial charge in [-0.1, -0.05) is 63.9 Å². The van der Waals surface area contributed by atoms with Crippen LogP contribution in [0.5, 0.6) is 0 Å². The Morgan fingerprint density at radius 1 is 0.925 bits per heavy atom. The number of nitrogens with one attached hydrogen (secondary N) is 2. The molecule has 5 aliphatic heterocycles. The minimum absolute atomic E-state index is 0. The van der Waals surface area contributed by atoms with Crippen molar-refractivity contribution in [2.75, 3.05) is 67.2 Å². The van der Waals surface area contributed by atoms with Gasteiger partial charge >= 0.3 is 5.97 Å². The zero-order valence-corrected chi connectivity index (χ0v) is 53.7. The van der Waals surface area contributed by atoms with Gasteiger partial charge in [-0.25, -0.2) is 5.43 Å². The lowest BCUT2D eigenvalue weighted by Gasteiger charge is -2.37. The van der Waals surface area contributed by atoms with E-state index in [1.807, 2.05) is 58.0 Å². The van der Waals surface area contributed by atoms with E-state index in [-0.39, 0.29) is 124 Å². The normalized spacial score (nSPS) is 23.2. The Morgan fingerprint density at radius 3 is 2.33 bits per heavy atom. The van der Waals surface area contributed by atoms with Crippen LogP contribution in [0.4, 0.5) is 0 Å². The number of methoxy groups -OCH3 is 1. The average Bonchev–Trinajstić information content (AvgIpc) is 4.25. The molecule has 0 saturated carbocycles. The monoisotopic (exact) mass is 1210 g/mol. The van der Waals surface area contributed by atoms with Gasteiger partial charge in [0.1, 0.15) is 23.7 Å². The van der Waals surface area contributed by atoms with Crippen molar-refractivity contribution in [3.8, 4) is 34.2 Å². The third kappa shape index (κ3) is 14.1. The minimum atomic E-state index is -1.06. The number of hydrazine groups is 1. The molecule has 0 aliphatic carbocycles. The lowest BCUT2D eigenvalue weighted by molar-refractivity contribution is -0.155. The van der Waals surface area contributed by atoms with E-state index < -0.39 is 52.3 Å². The smallest absolute Gasteiger partial charge is 0.324 e. The highest BCUT2D eigenvalue weighted by Gasteiger charge is 2.54. The highest BCUT2D eigenvalue weighted by molar-refractivity contribution is 7.60. The molecule has 4 fully saturated rings. The number of rotatable bonds is 9. The summed E-state index contributed by atoms with van der Waals surface area (Å²) in [6, 6.07) is 15.9. The Morgan fingerprint density at radius 2 is 1.65 bits per heavy atom. The second-order valence-electron chi connectivity index (χ2n) is 22.5. The number of amides is 4. The molecule has 4 aromatic rings. The van der Waals surface area contributed by atoms with Crippen molar-refractivity contribution < 1.29 is 38.2 Å². The van der Waals surface area contributed by atoms with Gasteiger partial charge in [0.05, 0.1) is 36.1 Å². The van der Waals surface area contributed by atoms with Crippen LogP contribution >= 0.6 is 81.0 Å². The molecular formula is C58H86N8O8S6. The molecule has 442 valence electrons. The quantitative estimate of drug-likeness (QED) is 0.137. The number of benzene rings is 2. The number of nitrogens with zero attached hydrogens (tertiary/aromatic N) is 6. The number of fused-ring (bicyclic) bond motifs is 6. The molecule has 7 heterocycles. The average molecular weight is 1220 g/mol. The number of carbonyl (C=O) groups is 5. The Labute approximate surface area is 514 Å². The summed E-state index contributed by atoms with van der Waals surface area (Å²) in [4.78, 5) is 82.2. The van der Waals surface area contributed by atoms with Crippen LogP contribution < -0.4 is 10.7 Å². The maximum absolute atomic E-state index is 14.9. The molecule has 16 nitrogen and oxygen atoms in total. The van der Waals surface area contributed by atoms with Crippen molar-refractivity contribution in [2.45, 2.75) is 123 Å². The zero-order chi connectivity index (χ0) is 52.7. The molecule has 9 rings (SSSR count). The highest BCUT2D eigenvalue weighted by atomic mass is 32.1.